The second-order valence-corrected chi connectivity index (χ2v) is 4.00. The van der Waals surface area contributed by atoms with Crippen LogP contribution in [0.25, 0.3) is 0 Å². The van der Waals surface area contributed by atoms with E-state index in [9.17, 15) is 9.59 Å². The molecule has 1 unspecified atom stereocenters. The fourth-order valence-electron chi connectivity index (χ4n) is 1.42. The standard InChI is InChI=1S/C10H18N4O3/c1-6(15)4-3-5-12-7-8(11)14(2)10(17)13-9(7)16/h6,12,15H,3-5,11H2,1-2H3,(H,13,16,17). The molecule has 0 aliphatic carbocycles. The number of anilines is 2. The van der Waals surface area contributed by atoms with E-state index in [1.54, 1.807) is 6.92 Å². The monoisotopic (exact) mass is 242 g/mol. The third kappa shape index (κ3) is 3.35. The summed E-state index contributed by atoms with van der Waals surface area (Å²) >= 11 is 0. The van der Waals surface area contributed by atoms with Crippen molar-refractivity contribution in [1.82, 2.24) is 9.55 Å². The molecule has 0 aromatic carbocycles. The van der Waals surface area contributed by atoms with E-state index in [2.05, 4.69) is 10.3 Å². The quantitative estimate of drug-likeness (QED) is 0.506. The number of hydrogen-bond donors (Lipinski definition) is 4. The Bertz CT molecular complexity index is 489. The van der Waals surface area contributed by atoms with Crippen molar-refractivity contribution in [2.75, 3.05) is 17.6 Å². The summed E-state index contributed by atoms with van der Waals surface area (Å²) in [5.41, 5.74) is 4.78. The molecule has 17 heavy (non-hydrogen) atoms. The molecule has 0 amide bonds. The Balaban J connectivity index is 2.75. The molecule has 5 N–H and O–H groups in total. The summed E-state index contributed by atoms with van der Waals surface area (Å²) in [6.45, 7) is 2.21. The molecule has 1 aromatic heterocycles. The molecule has 1 aromatic rings. The van der Waals surface area contributed by atoms with E-state index in [0.29, 0.717) is 19.4 Å². The van der Waals surface area contributed by atoms with Crippen LogP contribution in [-0.4, -0.2) is 27.3 Å². The van der Waals surface area contributed by atoms with Gasteiger partial charge in [0.05, 0.1) is 6.10 Å². The van der Waals surface area contributed by atoms with Crippen molar-refractivity contribution in [2.24, 2.45) is 7.05 Å². The molecule has 0 bridgehead atoms. The first-order valence-corrected chi connectivity index (χ1v) is 5.44. The van der Waals surface area contributed by atoms with Crippen LogP contribution in [0.5, 0.6) is 0 Å². The minimum absolute atomic E-state index is 0.107. The third-order valence-corrected chi connectivity index (χ3v) is 2.47. The first-order valence-electron chi connectivity index (χ1n) is 5.44. The summed E-state index contributed by atoms with van der Waals surface area (Å²) in [7, 11) is 1.48. The van der Waals surface area contributed by atoms with Crippen molar-refractivity contribution < 1.29 is 5.11 Å². The van der Waals surface area contributed by atoms with Gasteiger partial charge in [-0.05, 0) is 19.8 Å². The Kier molecular flexibility index (Phi) is 4.33. The molecule has 0 fully saturated rings. The van der Waals surface area contributed by atoms with Gasteiger partial charge >= 0.3 is 5.69 Å². The highest BCUT2D eigenvalue weighted by Gasteiger charge is 2.08. The summed E-state index contributed by atoms with van der Waals surface area (Å²) in [5.74, 6) is 0.107. The van der Waals surface area contributed by atoms with Crippen LogP contribution in [0.2, 0.25) is 0 Å². The lowest BCUT2D eigenvalue weighted by atomic mass is 10.2. The second-order valence-electron chi connectivity index (χ2n) is 4.00. The number of rotatable bonds is 5. The van der Waals surface area contributed by atoms with Crippen LogP contribution in [0.4, 0.5) is 11.5 Å². The first-order chi connectivity index (χ1) is 7.93. The van der Waals surface area contributed by atoms with Crippen LogP contribution in [0.15, 0.2) is 9.59 Å². The molecule has 1 rings (SSSR count). The number of nitrogens with two attached hydrogens (primary N) is 1. The predicted molar refractivity (Wildman–Crippen MR) is 66.1 cm³/mol. The van der Waals surface area contributed by atoms with Crippen molar-refractivity contribution in [3.63, 3.8) is 0 Å². The van der Waals surface area contributed by atoms with E-state index in [1.807, 2.05) is 0 Å². The number of aromatic amines is 1. The molecule has 0 saturated carbocycles. The lowest BCUT2D eigenvalue weighted by Gasteiger charge is -2.11. The number of aliphatic hydroxyl groups is 1. The Morgan fingerprint density at radius 3 is 2.76 bits per heavy atom. The maximum Gasteiger partial charge on any atom is 0.329 e. The van der Waals surface area contributed by atoms with Crippen LogP contribution in [0, 0.1) is 0 Å². The zero-order chi connectivity index (χ0) is 13.0. The SMILES string of the molecule is CC(O)CCCNc1c(N)n(C)c(=O)[nH]c1=O. The van der Waals surface area contributed by atoms with E-state index in [-0.39, 0.29) is 17.6 Å². The lowest BCUT2D eigenvalue weighted by Crippen LogP contribution is -2.32. The van der Waals surface area contributed by atoms with Gasteiger partial charge in [-0.3, -0.25) is 14.3 Å². The smallest absolute Gasteiger partial charge is 0.329 e. The molecule has 0 saturated heterocycles. The van der Waals surface area contributed by atoms with Crippen molar-refractivity contribution >= 4 is 11.5 Å². The minimum atomic E-state index is -0.540. The zero-order valence-corrected chi connectivity index (χ0v) is 9.99. The van der Waals surface area contributed by atoms with Gasteiger partial charge < -0.3 is 16.2 Å². The topological polar surface area (TPSA) is 113 Å². The summed E-state index contributed by atoms with van der Waals surface area (Å²) in [4.78, 5) is 24.8. The molecular formula is C10H18N4O3. The van der Waals surface area contributed by atoms with Gasteiger partial charge in [0.15, 0.2) is 0 Å². The van der Waals surface area contributed by atoms with Gasteiger partial charge in [0.2, 0.25) is 0 Å². The van der Waals surface area contributed by atoms with Gasteiger partial charge in [0, 0.05) is 13.6 Å². The molecule has 96 valence electrons. The number of nitrogens with zero attached hydrogens (tertiary/aromatic N) is 1. The number of aliphatic hydroxyl groups excluding tert-OH is 1. The number of aromatic nitrogens is 2. The van der Waals surface area contributed by atoms with Gasteiger partial charge in [-0.1, -0.05) is 0 Å². The highest BCUT2D eigenvalue weighted by molar-refractivity contribution is 5.60. The Morgan fingerprint density at radius 2 is 2.18 bits per heavy atom. The largest absolute Gasteiger partial charge is 0.393 e. The summed E-state index contributed by atoms with van der Waals surface area (Å²) in [6, 6.07) is 0. The predicted octanol–water partition coefficient (Wildman–Crippen LogP) is -0.771. The average molecular weight is 242 g/mol. The molecule has 0 aliphatic heterocycles. The van der Waals surface area contributed by atoms with E-state index in [0.717, 1.165) is 0 Å². The molecular weight excluding hydrogens is 224 g/mol. The number of nitrogens with one attached hydrogen (secondary N) is 2. The Hall–Kier alpha value is -1.76. The van der Waals surface area contributed by atoms with E-state index in [4.69, 9.17) is 10.8 Å². The highest BCUT2D eigenvalue weighted by Crippen LogP contribution is 2.08. The fraction of sp³-hybridized carbons (Fsp3) is 0.600. The van der Waals surface area contributed by atoms with E-state index < -0.39 is 11.2 Å². The van der Waals surface area contributed by atoms with Crippen LogP contribution >= 0.6 is 0 Å². The molecule has 0 spiro atoms. The number of H-pyrrole nitrogens is 1. The Labute approximate surface area is 98.3 Å². The zero-order valence-electron chi connectivity index (χ0n) is 9.99. The molecule has 7 heteroatoms. The van der Waals surface area contributed by atoms with E-state index in [1.165, 1.54) is 11.6 Å². The molecule has 7 nitrogen and oxygen atoms in total. The number of hydrogen-bond acceptors (Lipinski definition) is 5. The van der Waals surface area contributed by atoms with Gasteiger partial charge in [-0.2, -0.15) is 0 Å². The van der Waals surface area contributed by atoms with Crippen molar-refractivity contribution in [2.45, 2.75) is 25.9 Å². The van der Waals surface area contributed by atoms with Gasteiger partial charge in [0.25, 0.3) is 5.56 Å². The average Bonchev–Trinajstić information content (AvgIpc) is 2.24. The summed E-state index contributed by atoms with van der Waals surface area (Å²) in [5, 5.41) is 11.9. The van der Waals surface area contributed by atoms with Crippen molar-refractivity contribution in [3.05, 3.63) is 20.8 Å². The van der Waals surface area contributed by atoms with E-state index >= 15 is 0 Å². The van der Waals surface area contributed by atoms with Crippen molar-refractivity contribution in [3.8, 4) is 0 Å². The normalized spacial score (nSPS) is 12.4. The van der Waals surface area contributed by atoms with Gasteiger partial charge in [-0.15, -0.1) is 0 Å². The summed E-state index contributed by atoms with van der Waals surface area (Å²) in [6.07, 6.45) is 0.975. The van der Waals surface area contributed by atoms with Crippen LogP contribution < -0.4 is 22.3 Å². The molecule has 1 atom stereocenters. The van der Waals surface area contributed by atoms with Crippen molar-refractivity contribution in [1.29, 1.82) is 0 Å². The van der Waals surface area contributed by atoms with Crippen LogP contribution in [0.3, 0.4) is 0 Å². The first kappa shape index (κ1) is 13.3. The molecule has 0 aliphatic rings. The lowest BCUT2D eigenvalue weighted by molar-refractivity contribution is 0.183. The summed E-state index contributed by atoms with van der Waals surface area (Å²) < 4.78 is 1.17. The maximum absolute atomic E-state index is 11.5. The van der Waals surface area contributed by atoms with Crippen LogP contribution in [-0.2, 0) is 7.05 Å². The second kappa shape index (κ2) is 5.53. The van der Waals surface area contributed by atoms with Gasteiger partial charge in [-0.25, -0.2) is 4.79 Å². The third-order valence-electron chi connectivity index (χ3n) is 2.47. The number of nitrogen functional groups attached to an aromatic ring is 1. The fourth-order valence-corrected chi connectivity index (χ4v) is 1.42. The molecule has 0 radical (unpaired) electrons. The Morgan fingerprint density at radius 1 is 1.53 bits per heavy atom. The maximum atomic E-state index is 11.5. The van der Waals surface area contributed by atoms with Crippen LogP contribution in [0.1, 0.15) is 19.8 Å². The highest BCUT2D eigenvalue weighted by atomic mass is 16.3. The minimum Gasteiger partial charge on any atom is -0.393 e. The molecule has 1 heterocycles. The van der Waals surface area contributed by atoms with Gasteiger partial charge in [0.1, 0.15) is 11.5 Å².